The van der Waals surface area contributed by atoms with Crippen molar-refractivity contribution in [2.45, 2.75) is 26.3 Å². The molecule has 1 N–H and O–H groups in total. The third-order valence-corrected chi connectivity index (χ3v) is 2.34. The molecular weight excluding hydrogens is 188 g/mol. The average Bonchev–Trinajstić information content (AvgIpc) is 2.29. The summed E-state index contributed by atoms with van der Waals surface area (Å²) in [7, 11) is 1.61. The summed E-state index contributed by atoms with van der Waals surface area (Å²) < 4.78 is 5.22. The van der Waals surface area contributed by atoms with Gasteiger partial charge in [-0.05, 0) is 25.5 Å². The van der Waals surface area contributed by atoms with Crippen LogP contribution in [0.5, 0.6) is 5.75 Å². The van der Waals surface area contributed by atoms with Crippen LogP contribution in [0.15, 0.2) is 18.2 Å². The molecule has 15 heavy (non-hydrogen) atoms. The van der Waals surface area contributed by atoms with Gasteiger partial charge in [-0.1, -0.05) is 6.92 Å². The van der Waals surface area contributed by atoms with Crippen LogP contribution in [0.4, 0.5) is 5.69 Å². The Kier molecular flexibility index (Phi) is 3.99. The van der Waals surface area contributed by atoms with E-state index in [-0.39, 0.29) is 0 Å². The van der Waals surface area contributed by atoms with Crippen LogP contribution in [0.3, 0.4) is 0 Å². The second kappa shape index (κ2) is 5.26. The zero-order valence-corrected chi connectivity index (χ0v) is 9.37. The lowest BCUT2D eigenvalue weighted by Crippen LogP contribution is -2.14. The van der Waals surface area contributed by atoms with Crippen LogP contribution in [0.2, 0.25) is 0 Å². The molecule has 1 aromatic carbocycles. The number of nitriles is 1. The summed E-state index contributed by atoms with van der Waals surface area (Å²) in [4.78, 5) is 0. The highest BCUT2D eigenvalue weighted by Crippen LogP contribution is 2.26. The van der Waals surface area contributed by atoms with Crippen LogP contribution in [0.25, 0.3) is 0 Å². The Morgan fingerprint density at radius 3 is 2.80 bits per heavy atom. The Morgan fingerprint density at radius 1 is 1.53 bits per heavy atom. The lowest BCUT2D eigenvalue weighted by atomic mass is 10.2. The van der Waals surface area contributed by atoms with Gasteiger partial charge < -0.3 is 10.1 Å². The van der Waals surface area contributed by atoms with E-state index in [0.717, 1.165) is 12.1 Å². The van der Waals surface area contributed by atoms with Crippen molar-refractivity contribution in [1.29, 1.82) is 5.26 Å². The molecule has 0 aromatic heterocycles. The van der Waals surface area contributed by atoms with Crippen LogP contribution in [0, 0.1) is 11.3 Å². The fraction of sp³-hybridized carbons (Fsp3) is 0.417. The van der Waals surface area contributed by atoms with E-state index in [4.69, 9.17) is 10.00 Å². The quantitative estimate of drug-likeness (QED) is 0.820. The Labute approximate surface area is 90.7 Å². The van der Waals surface area contributed by atoms with Gasteiger partial charge in [0.15, 0.2) is 0 Å². The van der Waals surface area contributed by atoms with Gasteiger partial charge in [0, 0.05) is 12.1 Å². The minimum Gasteiger partial charge on any atom is -0.495 e. The van der Waals surface area contributed by atoms with Crippen molar-refractivity contribution in [3.05, 3.63) is 23.8 Å². The molecule has 0 aliphatic carbocycles. The summed E-state index contributed by atoms with van der Waals surface area (Å²) in [6.45, 7) is 4.23. The third-order valence-electron chi connectivity index (χ3n) is 2.34. The first-order valence-electron chi connectivity index (χ1n) is 5.06. The topological polar surface area (TPSA) is 45.0 Å². The van der Waals surface area contributed by atoms with Gasteiger partial charge in [0.2, 0.25) is 0 Å². The van der Waals surface area contributed by atoms with Crippen molar-refractivity contribution in [3.8, 4) is 11.8 Å². The number of nitrogens with zero attached hydrogens (tertiary/aromatic N) is 1. The van der Waals surface area contributed by atoms with Gasteiger partial charge in [0.1, 0.15) is 5.75 Å². The van der Waals surface area contributed by atoms with E-state index in [9.17, 15) is 0 Å². The molecule has 1 rings (SSSR count). The summed E-state index contributed by atoms with van der Waals surface area (Å²) in [5.74, 6) is 0.717. The predicted octanol–water partition coefficient (Wildman–Crippen LogP) is 2.78. The summed E-state index contributed by atoms with van der Waals surface area (Å²) in [6.07, 6.45) is 1.04. The van der Waals surface area contributed by atoms with Crippen LogP contribution >= 0.6 is 0 Å². The fourth-order valence-corrected chi connectivity index (χ4v) is 1.25. The fourth-order valence-electron chi connectivity index (χ4n) is 1.25. The van der Waals surface area contributed by atoms with Gasteiger partial charge in [-0.2, -0.15) is 5.26 Å². The number of ether oxygens (including phenoxy) is 1. The molecule has 1 atom stereocenters. The zero-order valence-electron chi connectivity index (χ0n) is 9.37. The number of hydrogen-bond donors (Lipinski definition) is 1. The van der Waals surface area contributed by atoms with Gasteiger partial charge in [-0.3, -0.25) is 0 Å². The highest BCUT2D eigenvalue weighted by Gasteiger charge is 2.06. The predicted molar refractivity (Wildman–Crippen MR) is 61.1 cm³/mol. The smallest absolute Gasteiger partial charge is 0.143 e. The summed E-state index contributed by atoms with van der Waals surface area (Å²) in [5.41, 5.74) is 1.55. The van der Waals surface area contributed by atoms with Crippen molar-refractivity contribution < 1.29 is 4.74 Å². The molecule has 3 heteroatoms. The molecule has 1 unspecified atom stereocenters. The van der Waals surface area contributed by atoms with E-state index in [1.165, 1.54) is 0 Å². The minimum absolute atomic E-state index is 0.395. The van der Waals surface area contributed by atoms with Crippen molar-refractivity contribution in [1.82, 2.24) is 0 Å². The summed E-state index contributed by atoms with van der Waals surface area (Å²) in [6, 6.07) is 7.89. The lowest BCUT2D eigenvalue weighted by molar-refractivity contribution is 0.416. The second-order valence-electron chi connectivity index (χ2n) is 3.48. The minimum atomic E-state index is 0.395. The van der Waals surface area contributed by atoms with Gasteiger partial charge in [-0.15, -0.1) is 0 Å². The van der Waals surface area contributed by atoms with Crippen LogP contribution in [-0.2, 0) is 0 Å². The van der Waals surface area contributed by atoms with Gasteiger partial charge >= 0.3 is 0 Å². The highest BCUT2D eigenvalue weighted by atomic mass is 16.5. The Bertz CT molecular complexity index is 368. The average molecular weight is 204 g/mol. The molecule has 0 saturated heterocycles. The van der Waals surface area contributed by atoms with E-state index >= 15 is 0 Å². The summed E-state index contributed by atoms with van der Waals surface area (Å²) >= 11 is 0. The molecule has 0 radical (unpaired) electrons. The molecule has 0 heterocycles. The van der Waals surface area contributed by atoms with E-state index in [2.05, 4.69) is 25.2 Å². The first-order valence-corrected chi connectivity index (χ1v) is 5.06. The number of anilines is 1. The highest BCUT2D eigenvalue weighted by molar-refractivity contribution is 5.59. The first kappa shape index (κ1) is 11.4. The first-order chi connectivity index (χ1) is 7.21. The number of nitrogens with one attached hydrogen (secondary N) is 1. The van der Waals surface area contributed by atoms with Crippen LogP contribution in [-0.4, -0.2) is 13.2 Å². The van der Waals surface area contributed by atoms with Crippen LogP contribution in [0.1, 0.15) is 25.8 Å². The molecule has 0 aliphatic heterocycles. The van der Waals surface area contributed by atoms with Crippen LogP contribution < -0.4 is 10.1 Å². The number of methoxy groups -OCH3 is 1. The van der Waals surface area contributed by atoms with Crippen molar-refractivity contribution in [3.63, 3.8) is 0 Å². The zero-order chi connectivity index (χ0) is 11.3. The van der Waals surface area contributed by atoms with E-state index in [1.54, 1.807) is 19.2 Å². The Balaban J connectivity index is 2.93. The lowest BCUT2D eigenvalue weighted by Gasteiger charge is -2.15. The van der Waals surface area contributed by atoms with Crippen molar-refractivity contribution in [2.24, 2.45) is 0 Å². The molecule has 0 fully saturated rings. The third kappa shape index (κ3) is 2.88. The molecule has 0 aliphatic rings. The van der Waals surface area contributed by atoms with E-state index < -0.39 is 0 Å². The molecule has 0 spiro atoms. The number of benzene rings is 1. The normalized spacial score (nSPS) is 11.6. The van der Waals surface area contributed by atoms with E-state index in [0.29, 0.717) is 17.4 Å². The van der Waals surface area contributed by atoms with Gasteiger partial charge in [0.25, 0.3) is 0 Å². The maximum atomic E-state index is 8.75. The molecule has 0 amide bonds. The van der Waals surface area contributed by atoms with E-state index in [1.807, 2.05) is 6.07 Å². The second-order valence-corrected chi connectivity index (χ2v) is 3.48. The van der Waals surface area contributed by atoms with Gasteiger partial charge in [0.05, 0.1) is 24.4 Å². The Hall–Kier alpha value is -1.69. The number of rotatable bonds is 4. The molecule has 0 saturated carbocycles. The standard InChI is InChI=1S/C12H16N2O/c1-4-9(2)14-11-6-5-10(8-13)7-12(11)15-3/h5-7,9,14H,4H2,1-3H3. The summed E-state index contributed by atoms with van der Waals surface area (Å²) in [5, 5.41) is 12.1. The molecule has 0 bridgehead atoms. The molecule has 80 valence electrons. The maximum Gasteiger partial charge on any atom is 0.143 e. The maximum absolute atomic E-state index is 8.75. The number of hydrogen-bond acceptors (Lipinski definition) is 3. The molecule has 3 nitrogen and oxygen atoms in total. The van der Waals surface area contributed by atoms with Crippen molar-refractivity contribution >= 4 is 5.69 Å². The molecule has 1 aromatic rings. The van der Waals surface area contributed by atoms with Crippen molar-refractivity contribution in [2.75, 3.05) is 12.4 Å². The largest absolute Gasteiger partial charge is 0.495 e. The monoisotopic (exact) mass is 204 g/mol. The van der Waals surface area contributed by atoms with Gasteiger partial charge in [-0.25, -0.2) is 0 Å². The Morgan fingerprint density at radius 2 is 2.27 bits per heavy atom. The molecular formula is C12H16N2O. The SMILES string of the molecule is CCC(C)Nc1ccc(C#N)cc1OC.